The second kappa shape index (κ2) is 2.84. The maximum Gasteiger partial charge on any atom is 0.273 e. The van der Waals surface area contributed by atoms with Crippen molar-refractivity contribution in [2.45, 2.75) is 12.2 Å². The van der Waals surface area contributed by atoms with Crippen molar-refractivity contribution >= 4 is 21.7 Å². The van der Waals surface area contributed by atoms with E-state index in [4.69, 9.17) is 4.55 Å². The second-order valence-corrected chi connectivity index (χ2v) is 4.33. The van der Waals surface area contributed by atoms with Crippen molar-refractivity contribution < 1.29 is 13.0 Å². The van der Waals surface area contributed by atoms with Crippen LogP contribution in [0.4, 0.5) is 0 Å². The highest BCUT2D eigenvalue weighted by atomic mass is 32.2. The number of hydrogen-bond acceptors (Lipinski definition) is 5. The van der Waals surface area contributed by atoms with Crippen molar-refractivity contribution in [2.75, 3.05) is 0 Å². The molecule has 0 spiro atoms. The van der Waals surface area contributed by atoms with Crippen LogP contribution in [-0.2, 0) is 10.1 Å². The van der Waals surface area contributed by atoms with Gasteiger partial charge >= 0.3 is 0 Å². The fourth-order valence-corrected chi connectivity index (χ4v) is 1.56. The van der Waals surface area contributed by atoms with Gasteiger partial charge in [0.15, 0.2) is 0 Å². The van der Waals surface area contributed by atoms with Gasteiger partial charge in [0.05, 0.1) is 5.69 Å². The zero-order chi connectivity index (χ0) is 8.48. The molecule has 62 valence electrons. The lowest BCUT2D eigenvalue weighted by Gasteiger charge is -2.01. The Morgan fingerprint density at radius 1 is 1.73 bits per heavy atom. The normalized spacial score (nSPS) is 14.7. The molecule has 0 amide bonds. The number of rotatable bonds is 2. The van der Waals surface area contributed by atoms with Gasteiger partial charge in [0.25, 0.3) is 10.1 Å². The van der Waals surface area contributed by atoms with Gasteiger partial charge in [-0.25, -0.2) is 0 Å². The molecule has 5 nitrogen and oxygen atoms in total. The molecule has 0 saturated heterocycles. The van der Waals surface area contributed by atoms with Crippen LogP contribution in [0.15, 0.2) is 5.38 Å². The van der Waals surface area contributed by atoms with Gasteiger partial charge < -0.3 is 0 Å². The monoisotopic (exact) mass is 194 g/mol. The van der Waals surface area contributed by atoms with Crippen molar-refractivity contribution in [3.8, 4) is 0 Å². The second-order valence-electron chi connectivity index (χ2n) is 1.99. The first-order valence-electron chi connectivity index (χ1n) is 2.75. The molecule has 1 N–H and O–H groups in total. The van der Waals surface area contributed by atoms with Gasteiger partial charge in [-0.05, 0) is 18.5 Å². The third kappa shape index (κ3) is 1.95. The topological polar surface area (TPSA) is 80.2 Å². The van der Waals surface area contributed by atoms with Crippen molar-refractivity contribution in [1.29, 1.82) is 0 Å². The summed E-state index contributed by atoms with van der Waals surface area (Å²) < 4.78 is 33.1. The average Bonchev–Trinajstić information content (AvgIpc) is 2.34. The van der Waals surface area contributed by atoms with Crippen LogP contribution in [0.25, 0.3) is 0 Å². The predicted octanol–water partition coefficient (Wildman–Crippen LogP) is 0.487. The Bertz CT molecular complexity index is 317. The van der Waals surface area contributed by atoms with E-state index in [1.54, 1.807) is 0 Å². The number of nitrogens with zero attached hydrogens (tertiary/aromatic N) is 2. The molecule has 1 heterocycles. The molecule has 0 aliphatic carbocycles. The lowest BCUT2D eigenvalue weighted by atomic mass is 10.4. The van der Waals surface area contributed by atoms with Crippen molar-refractivity contribution in [3.63, 3.8) is 0 Å². The Morgan fingerprint density at radius 3 is 2.73 bits per heavy atom. The van der Waals surface area contributed by atoms with E-state index in [2.05, 4.69) is 9.59 Å². The van der Waals surface area contributed by atoms with Crippen LogP contribution in [0.1, 0.15) is 17.9 Å². The van der Waals surface area contributed by atoms with Crippen LogP contribution < -0.4 is 0 Å². The molecule has 0 aliphatic heterocycles. The molecule has 0 bridgehead atoms. The van der Waals surface area contributed by atoms with E-state index in [9.17, 15) is 8.42 Å². The van der Waals surface area contributed by atoms with Gasteiger partial charge in [-0.2, -0.15) is 8.42 Å². The fraction of sp³-hybridized carbons (Fsp3) is 0.500. The van der Waals surface area contributed by atoms with Crippen molar-refractivity contribution in [2.24, 2.45) is 0 Å². The van der Waals surface area contributed by atoms with Crippen LogP contribution in [0.2, 0.25) is 0 Å². The number of aromatic nitrogens is 2. The summed E-state index contributed by atoms with van der Waals surface area (Å²) in [5, 5.41) is 4.01. The minimum atomic E-state index is -4.02. The Kier molecular flexibility index (Phi) is 2.21. The Labute approximate surface area is 68.0 Å². The summed E-state index contributed by atoms with van der Waals surface area (Å²) in [6.45, 7) is 1.35. The van der Waals surface area contributed by atoms with E-state index >= 15 is 0 Å². The first-order valence-corrected chi connectivity index (χ1v) is 5.09. The molecule has 0 aromatic carbocycles. The third-order valence-corrected chi connectivity index (χ3v) is 2.90. The first kappa shape index (κ1) is 8.57. The fourth-order valence-electron chi connectivity index (χ4n) is 0.502. The van der Waals surface area contributed by atoms with Crippen LogP contribution in [-0.4, -0.2) is 22.6 Å². The van der Waals surface area contributed by atoms with E-state index in [-0.39, 0.29) is 5.69 Å². The molecular formula is C4H6N2O3S2. The van der Waals surface area contributed by atoms with Crippen molar-refractivity contribution in [3.05, 3.63) is 11.1 Å². The van der Waals surface area contributed by atoms with Gasteiger partial charge in [0.1, 0.15) is 5.25 Å². The minimum absolute atomic E-state index is 0.275. The summed E-state index contributed by atoms with van der Waals surface area (Å²) >= 11 is 1.05. The highest BCUT2D eigenvalue weighted by molar-refractivity contribution is 7.86. The molecular weight excluding hydrogens is 188 g/mol. The quantitative estimate of drug-likeness (QED) is 0.693. The first-order chi connectivity index (χ1) is 5.02. The van der Waals surface area contributed by atoms with Gasteiger partial charge in [-0.3, -0.25) is 4.55 Å². The van der Waals surface area contributed by atoms with E-state index in [0.717, 1.165) is 11.5 Å². The van der Waals surface area contributed by atoms with Crippen molar-refractivity contribution in [1.82, 2.24) is 9.59 Å². The van der Waals surface area contributed by atoms with Crippen LogP contribution in [0.3, 0.4) is 0 Å². The third-order valence-electron chi connectivity index (χ3n) is 1.24. The summed E-state index contributed by atoms with van der Waals surface area (Å²) in [5.41, 5.74) is 0.275. The van der Waals surface area contributed by atoms with Gasteiger partial charge in [0, 0.05) is 5.38 Å². The molecule has 1 aromatic rings. The molecule has 1 rings (SSSR count). The predicted molar refractivity (Wildman–Crippen MR) is 39.9 cm³/mol. The molecule has 7 heteroatoms. The molecule has 1 unspecified atom stereocenters. The summed E-state index contributed by atoms with van der Waals surface area (Å²) in [5.74, 6) is 0. The molecule has 1 atom stereocenters. The zero-order valence-corrected chi connectivity index (χ0v) is 7.26. The van der Waals surface area contributed by atoms with Gasteiger partial charge in [-0.1, -0.05) is 4.49 Å². The lowest BCUT2D eigenvalue weighted by Crippen LogP contribution is -2.08. The highest BCUT2D eigenvalue weighted by Crippen LogP contribution is 2.18. The summed E-state index contributed by atoms with van der Waals surface area (Å²) in [6, 6.07) is 0. The van der Waals surface area contributed by atoms with E-state index in [0.29, 0.717) is 0 Å². The highest BCUT2D eigenvalue weighted by Gasteiger charge is 2.21. The molecule has 0 fully saturated rings. The summed E-state index contributed by atoms with van der Waals surface area (Å²) in [6.07, 6.45) is 0. The standard InChI is InChI=1S/C4H6N2O3S2/c1-3(11(7,8)9)4-2-10-6-5-4/h2-3H,1H3,(H,7,8,9). The largest absolute Gasteiger partial charge is 0.285 e. The molecule has 11 heavy (non-hydrogen) atoms. The van der Waals surface area contributed by atoms with E-state index in [1.807, 2.05) is 0 Å². The summed E-state index contributed by atoms with van der Waals surface area (Å²) in [7, 11) is -4.02. The van der Waals surface area contributed by atoms with E-state index in [1.165, 1.54) is 12.3 Å². The Hall–Kier alpha value is -0.530. The van der Waals surface area contributed by atoms with Crippen LogP contribution >= 0.6 is 11.5 Å². The average molecular weight is 194 g/mol. The smallest absolute Gasteiger partial charge is 0.273 e. The maximum absolute atomic E-state index is 10.5. The molecule has 0 aliphatic rings. The minimum Gasteiger partial charge on any atom is -0.285 e. The molecule has 0 saturated carbocycles. The summed E-state index contributed by atoms with van der Waals surface area (Å²) in [4.78, 5) is 0. The van der Waals surface area contributed by atoms with Crippen LogP contribution in [0, 0.1) is 0 Å². The Morgan fingerprint density at radius 2 is 2.36 bits per heavy atom. The molecule has 1 aromatic heterocycles. The van der Waals surface area contributed by atoms with E-state index < -0.39 is 15.4 Å². The number of hydrogen-bond donors (Lipinski definition) is 1. The van der Waals surface area contributed by atoms with Gasteiger partial charge in [0.2, 0.25) is 0 Å². The maximum atomic E-state index is 10.5. The van der Waals surface area contributed by atoms with Crippen LogP contribution in [0.5, 0.6) is 0 Å². The Balaban J connectivity index is 2.97. The SMILES string of the molecule is CC(c1csnn1)S(=O)(=O)O. The van der Waals surface area contributed by atoms with Gasteiger partial charge in [-0.15, -0.1) is 5.10 Å². The molecule has 0 radical (unpaired) electrons. The lowest BCUT2D eigenvalue weighted by molar-refractivity contribution is 0.471. The zero-order valence-electron chi connectivity index (χ0n) is 5.63.